The summed E-state index contributed by atoms with van der Waals surface area (Å²) in [5.41, 5.74) is 5.49. The first-order valence-corrected chi connectivity index (χ1v) is 5.60. The Hall–Kier alpha value is -1.63. The van der Waals surface area contributed by atoms with Crippen molar-refractivity contribution in [3.8, 4) is 12.0 Å². The van der Waals surface area contributed by atoms with Gasteiger partial charge in [0, 0.05) is 6.54 Å². The minimum atomic E-state index is 0.0923. The van der Waals surface area contributed by atoms with Gasteiger partial charge in [-0.15, -0.1) is 4.98 Å². The van der Waals surface area contributed by atoms with Crippen molar-refractivity contribution in [3.63, 3.8) is 0 Å². The van der Waals surface area contributed by atoms with Crippen LogP contribution in [0.5, 0.6) is 12.0 Å². The van der Waals surface area contributed by atoms with E-state index in [9.17, 15) is 0 Å². The molecule has 96 valence electrons. The number of nitrogen functional groups attached to an aromatic ring is 1. The molecule has 0 aromatic carbocycles. The number of hydrogen-bond acceptors (Lipinski definition) is 7. The van der Waals surface area contributed by atoms with Crippen LogP contribution in [0.25, 0.3) is 0 Å². The quantitative estimate of drug-likeness (QED) is 0.728. The van der Waals surface area contributed by atoms with Crippen molar-refractivity contribution >= 4 is 5.95 Å². The van der Waals surface area contributed by atoms with Crippen molar-refractivity contribution in [3.05, 3.63) is 0 Å². The van der Waals surface area contributed by atoms with Crippen molar-refractivity contribution in [2.45, 2.75) is 13.8 Å². The summed E-state index contributed by atoms with van der Waals surface area (Å²) in [5, 5.41) is 0. The molecule has 2 N–H and O–H groups in total. The Balaban J connectivity index is 2.48. The van der Waals surface area contributed by atoms with Crippen LogP contribution in [0.2, 0.25) is 0 Å². The van der Waals surface area contributed by atoms with E-state index in [4.69, 9.17) is 15.2 Å². The summed E-state index contributed by atoms with van der Waals surface area (Å²) in [7, 11) is 1.47. The van der Waals surface area contributed by atoms with E-state index >= 15 is 0 Å². The lowest BCUT2D eigenvalue weighted by Crippen LogP contribution is -2.28. The standard InChI is InChI=1S/C10H19N5O2/c1-4-15(5-2)6-7-17-10-13-8(11)12-9(14-10)16-3/h4-7H2,1-3H3,(H2,11,12,13,14). The van der Waals surface area contributed by atoms with Gasteiger partial charge >= 0.3 is 12.0 Å². The number of ether oxygens (including phenoxy) is 2. The third-order valence-electron chi connectivity index (χ3n) is 2.33. The minimum absolute atomic E-state index is 0.0923. The molecule has 0 spiro atoms. The fourth-order valence-corrected chi connectivity index (χ4v) is 1.31. The lowest BCUT2D eigenvalue weighted by atomic mass is 10.5. The molecule has 1 rings (SSSR count). The van der Waals surface area contributed by atoms with E-state index in [1.165, 1.54) is 7.11 Å². The van der Waals surface area contributed by atoms with Gasteiger partial charge in [0.15, 0.2) is 0 Å². The summed E-state index contributed by atoms with van der Waals surface area (Å²) in [6, 6.07) is 0.358. The Labute approximate surface area is 101 Å². The summed E-state index contributed by atoms with van der Waals surface area (Å²) in [4.78, 5) is 13.8. The van der Waals surface area contributed by atoms with Gasteiger partial charge in [-0.1, -0.05) is 13.8 Å². The minimum Gasteiger partial charge on any atom is -0.467 e. The molecule has 0 aliphatic rings. The molecule has 1 heterocycles. The summed E-state index contributed by atoms with van der Waals surface area (Å²) in [6.07, 6.45) is 0. The molecule has 7 nitrogen and oxygen atoms in total. The third-order valence-corrected chi connectivity index (χ3v) is 2.33. The number of methoxy groups -OCH3 is 1. The summed E-state index contributed by atoms with van der Waals surface area (Å²) >= 11 is 0. The fourth-order valence-electron chi connectivity index (χ4n) is 1.31. The van der Waals surface area contributed by atoms with Crippen molar-refractivity contribution in [2.75, 3.05) is 39.1 Å². The normalized spacial score (nSPS) is 10.6. The average Bonchev–Trinajstić information content (AvgIpc) is 2.34. The van der Waals surface area contributed by atoms with E-state index in [2.05, 4.69) is 33.7 Å². The number of likely N-dealkylation sites (N-methyl/N-ethyl adjacent to an activating group) is 1. The smallest absolute Gasteiger partial charge is 0.324 e. The molecule has 0 amide bonds. The third kappa shape index (κ3) is 4.39. The second-order valence-electron chi connectivity index (χ2n) is 3.34. The Kier molecular flexibility index (Phi) is 5.41. The number of anilines is 1. The Morgan fingerprint density at radius 2 is 1.76 bits per heavy atom. The van der Waals surface area contributed by atoms with Gasteiger partial charge in [-0.3, -0.25) is 0 Å². The molecular formula is C10H19N5O2. The van der Waals surface area contributed by atoms with Crippen LogP contribution in [0.15, 0.2) is 0 Å². The Morgan fingerprint density at radius 1 is 1.12 bits per heavy atom. The van der Waals surface area contributed by atoms with Gasteiger partial charge in [-0.2, -0.15) is 9.97 Å². The van der Waals surface area contributed by atoms with Gasteiger partial charge in [-0.25, -0.2) is 0 Å². The number of nitrogens with two attached hydrogens (primary N) is 1. The molecule has 17 heavy (non-hydrogen) atoms. The van der Waals surface area contributed by atoms with Gasteiger partial charge in [0.05, 0.1) is 7.11 Å². The van der Waals surface area contributed by atoms with E-state index in [0.717, 1.165) is 19.6 Å². The molecule has 0 fully saturated rings. The largest absolute Gasteiger partial charge is 0.467 e. The topological polar surface area (TPSA) is 86.4 Å². The molecule has 1 aromatic heterocycles. The van der Waals surface area contributed by atoms with Crippen LogP contribution in [0.1, 0.15) is 13.8 Å². The molecule has 0 aliphatic carbocycles. The zero-order valence-corrected chi connectivity index (χ0v) is 10.5. The maximum atomic E-state index is 5.49. The molecule has 0 atom stereocenters. The van der Waals surface area contributed by atoms with E-state index < -0.39 is 0 Å². The Morgan fingerprint density at radius 3 is 2.35 bits per heavy atom. The van der Waals surface area contributed by atoms with E-state index in [0.29, 0.717) is 6.61 Å². The number of hydrogen-bond donors (Lipinski definition) is 1. The number of rotatable bonds is 7. The fraction of sp³-hybridized carbons (Fsp3) is 0.700. The van der Waals surface area contributed by atoms with Crippen LogP contribution in [0, 0.1) is 0 Å². The van der Waals surface area contributed by atoms with E-state index in [-0.39, 0.29) is 18.0 Å². The van der Waals surface area contributed by atoms with Crippen LogP contribution in [-0.2, 0) is 0 Å². The SMILES string of the molecule is CCN(CC)CCOc1nc(N)nc(OC)n1. The average molecular weight is 241 g/mol. The van der Waals surface area contributed by atoms with Crippen molar-refractivity contribution in [2.24, 2.45) is 0 Å². The van der Waals surface area contributed by atoms with Gasteiger partial charge in [0.2, 0.25) is 5.95 Å². The molecule has 0 saturated carbocycles. The predicted molar refractivity (Wildman–Crippen MR) is 64.1 cm³/mol. The summed E-state index contributed by atoms with van der Waals surface area (Å²) in [6.45, 7) is 7.52. The molecule has 7 heteroatoms. The zero-order chi connectivity index (χ0) is 12.7. The second-order valence-corrected chi connectivity index (χ2v) is 3.34. The highest BCUT2D eigenvalue weighted by atomic mass is 16.5. The van der Waals surface area contributed by atoms with Crippen molar-refractivity contribution < 1.29 is 9.47 Å². The van der Waals surface area contributed by atoms with Crippen LogP contribution >= 0.6 is 0 Å². The van der Waals surface area contributed by atoms with E-state index in [1.54, 1.807) is 0 Å². The first-order chi connectivity index (χ1) is 8.19. The molecule has 1 aromatic rings. The van der Waals surface area contributed by atoms with Gasteiger partial charge in [0.25, 0.3) is 0 Å². The van der Waals surface area contributed by atoms with Gasteiger partial charge in [-0.05, 0) is 13.1 Å². The summed E-state index contributed by atoms with van der Waals surface area (Å²) in [5.74, 6) is 0.0923. The van der Waals surface area contributed by atoms with Gasteiger partial charge in [0.1, 0.15) is 6.61 Å². The maximum Gasteiger partial charge on any atom is 0.324 e. The van der Waals surface area contributed by atoms with Gasteiger partial charge < -0.3 is 20.1 Å². The lowest BCUT2D eigenvalue weighted by Gasteiger charge is -2.17. The monoisotopic (exact) mass is 241 g/mol. The molecule has 0 aliphatic heterocycles. The lowest BCUT2D eigenvalue weighted by molar-refractivity contribution is 0.210. The first-order valence-electron chi connectivity index (χ1n) is 5.60. The molecule has 0 saturated heterocycles. The Bertz CT molecular complexity index is 343. The van der Waals surface area contributed by atoms with E-state index in [1.807, 2.05) is 0 Å². The van der Waals surface area contributed by atoms with Crippen molar-refractivity contribution in [1.82, 2.24) is 19.9 Å². The molecular weight excluding hydrogens is 222 g/mol. The number of nitrogens with zero attached hydrogens (tertiary/aromatic N) is 4. The van der Waals surface area contributed by atoms with Crippen molar-refractivity contribution in [1.29, 1.82) is 0 Å². The first kappa shape index (κ1) is 13.4. The predicted octanol–water partition coefficient (Wildman–Crippen LogP) is 0.183. The zero-order valence-electron chi connectivity index (χ0n) is 10.5. The van der Waals surface area contributed by atoms with Crippen LogP contribution in [0.3, 0.4) is 0 Å². The molecule has 0 bridgehead atoms. The molecule has 0 unspecified atom stereocenters. The van der Waals surface area contributed by atoms with Crippen LogP contribution < -0.4 is 15.2 Å². The number of aromatic nitrogens is 3. The maximum absolute atomic E-state index is 5.49. The highest BCUT2D eigenvalue weighted by Gasteiger charge is 2.06. The second kappa shape index (κ2) is 6.85. The van der Waals surface area contributed by atoms with Crippen LogP contribution in [-0.4, -0.2) is 53.2 Å². The highest BCUT2D eigenvalue weighted by Crippen LogP contribution is 2.09. The molecule has 0 radical (unpaired) electrons. The van der Waals surface area contributed by atoms with Crippen LogP contribution in [0.4, 0.5) is 5.95 Å². The summed E-state index contributed by atoms with van der Waals surface area (Å²) < 4.78 is 10.3. The highest BCUT2D eigenvalue weighted by molar-refractivity contribution is 5.20.